The van der Waals surface area contributed by atoms with Gasteiger partial charge >= 0.3 is 0 Å². The second-order valence-corrected chi connectivity index (χ2v) is 7.77. The molecule has 0 atom stereocenters. The number of fused-ring (bicyclic) bond motifs is 1. The summed E-state index contributed by atoms with van der Waals surface area (Å²) in [4.78, 5) is 0. The molecule has 0 unspecified atom stereocenters. The van der Waals surface area contributed by atoms with Crippen molar-refractivity contribution in [3.8, 4) is 0 Å². The molecule has 1 saturated heterocycles. The zero-order valence-corrected chi connectivity index (χ0v) is 12.0. The van der Waals surface area contributed by atoms with E-state index in [2.05, 4.69) is 26.2 Å². The Balaban J connectivity index is 1.98. The molecule has 1 aliphatic heterocycles. The predicted octanol–water partition coefficient (Wildman–Crippen LogP) is 1.94. The molecule has 1 fully saturated rings. The van der Waals surface area contributed by atoms with E-state index in [1.165, 1.54) is 0 Å². The van der Waals surface area contributed by atoms with Crippen LogP contribution in [0.3, 0.4) is 0 Å². The highest BCUT2D eigenvalue weighted by Crippen LogP contribution is 2.27. The standard InChI is InChI=1S/C11H12BrN3O2S/c12-8-1-2-10-11(7-8)15(14-13-10)9-3-5-18(16,17)6-4-9/h1-2,7,9H,3-6H2. The van der Waals surface area contributed by atoms with Gasteiger partial charge in [-0.2, -0.15) is 0 Å². The summed E-state index contributed by atoms with van der Waals surface area (Å²) in [7, 11) is -2.84. The second kappa shape index (κ2) is 4.31. The van der Waals surface area contributed by atoms with Gasteiger partial charge in [-0.15, -0.1) is 5.10 Å². The van der Waals surface area contributed by atoms with Crippen LogP contribution in [0.4, 0.5) is 0 Å². The van der Waals surface area contributed by atoms with Gasteiger partial charge in [0.1, 0.15) is 15.4 Å². The topological polar surface area (TPSA) is 64.8 Å². The van der Waals surface area contributed by atoms with E-state index >= 15 is 0 Å². The van der Waals surface area contributed by atoms with E-state index in [0.29, 0.717) is 12.8 Å². The average Bonchev–Trinajstić information content (AvgIpc) is 2.72. The van der Waals surface area contributed by atoms with E-state index in [-0.39, 0.29) is 17.5 Å². The summed E-state index contributed by atoms with van der Waals surface area (Å²) in [5, 5.41) is 8.27. The Bertz CT molecular complexity index is 681. The lowest BCUT2D eigenvalue weighted by Gasteiger charge is -2.22. The van der Waals surface area contributed by atoms with Gasteiger partial charge in [0, 0.05) is 4.47 Å². The molecule has 0 radical (unpaired) electrons. The van der Waals surface area contributed by atoms with Crippen molar-refractivity contribution < 1.29 is 8.42 Å². The van der Waals surface area contributed by atoms with Crippen molar-refractivity contribution in [3.63, 3.8) is 0 Å². The normalized spacial score (nSPS) is 20.3. The predicted molar refractivity (Wildman–Crippen MR) is 72.2 cm³/mol. The number of halogens is 1. The maximum atomic E-state index is 11.4. The zero-order chi connectivity index (χ0) is 12.8. The van der Waals surface area contributed by atoms with E-state index in [9.17, 15) is 8.42 Å². The minimum Gasteiger partial charge on any atom is -0.241 e. The zero-order valence-electron chi connectivity index (χ0n) is 9.58. The van der Waals surface area contributed by atoms with Crippen LogP contribution < -0.4 is 0 Å². The largest absolute Gasteiger partial charge is 0.241 e. The number of sulfone groups is 1. The molecule has 0 bridgehead atoms. The van der Waals surface area contributed by atoms with Gasteiger partial charge in [-0.1, -0.05) is 21.1 Å². The maximum Gasteiger partial charge on any atom is 0.150 e. The van der Waals surface area contributed by atoms with Crippen LogP contribution in [-0.4, -0.2) is 34.9 Å². The summed E-state index contributed by atoms with van der Waals surface area (Å²) >= 11 is 3.43. The molecule has 7 heteroatoms. The van der Waals surface area contributed by atoms with Crippen molar-refractivity contribution >= 4 is 36.8 Å². The fourth-order valence-corrected chi connectivity index (χ4v) is 4.12. The van der Waals surface area contributed by atoms with Crippen LogP contribution in [0.1, 0.15) is 18.9 Å². The number of aromatic nitrogens is 3. The SMILES string of the molecule is O=S1(=O)CCC(n2nnc3ccc(Br)cc32)CC1. The Labute approximate surface area is 113 Å². The van der Waals surface area contributed by atoms with Crippen LogP contribution in [0.25, 0.3) is 11.0 Å². The van der Waals surface area contributed by atoms with E-state index in [0.717, 1.165) is 15.5 Å². The number of hydrogen-bond donors (Lipinski definition) is 0. The molecule has 2 aromatic rings. The Morgan fingerprint density at radius 3 is 2.72 bits per heavy atom. The van der Waals surface area contributed by atoms with Crippen LogP contribution in [0, 0.1) is 0 Å². The third-order valence-electron chi connectivity index (χ3n) is 3.30. The van der Waals surface area contributed by atoms with Crippen molar-refractivity contribution in [2.75, 3.05) is 11.5 Å². The number of rotatable bonds is 1. The van der Waals surface area contributed by atoms with Gasteiger partial charge in [-0.25, -0.2) is 13.1 Å². The monoisotopic (exact) mass is 329 g/mol. The van der Waals surface area contributed by atoms with Gasteiger partial charge in [0.25, 0.3) is 0 Å². The summed E-state index contributed by atoms with van der Waals surface area (Å²) in [6.07, 6.45) is 1.24. The van der Waals surface area contributed by atoms with Gasteiger partial charge in [-0.05, 0) is 31.0 Å². The summed E-state index contributed by atoms with van der Waals surface area (Å²) in [6.45, 7) is 0. The lowest BCUT2D eigenvalue weighted by molar-refractivity contribution is 0.415. The lowest BCUT2D eigenvalue weighted by Crippen LogP contribution is -2.26. The van der Waals surface area contributed by atoms with Crippen LogP contribution in [-0.2, 0) is 9.84 Å². The van der Waals surface area contributed by atoms with Gasteiger partial charge < -0.3 is 0 Å². The molecule has 0 spiro atoms. The molecular formula is C11H12BrN3O2S. The number of benzene rings is 1. The highest BCUT2D eigenvalue weighted by molar-refractivity contribution is 9.10. The van der Waals surface area contributed by atoms with Crippen molar-refractivity contribution in [2.45, 2.75) is 18.9 Å². The van der Waals surface area contributed by atoms with Crippen LogP contribution >= 0.6 is 15.9 Å². The lowest BCUT2D eigenvalue weighted by atomic mass is 10.1. The van der Waals surface area contributed by atoms with Gasteiger partial charge in [0.2, 0.25) is 0 Å². The molecule has 0 amide bonds. The molecule has 96 valence electrons. The first kappa shape index (κ1) is 12.1. The van der Waals surface area contributed by atoms with Crippen molar-refractivity contribution in [1.82, 2.24) is 15.0 Å². The van der Waals surface area contributed by atoms with Gasteiger partial charge in [-0.3, -0.25) is 0 Å². The third kappa shape index (κ3) is 2.16. The molecule has 0 saturated carbocycles. The fraction of sp³-hybridized carbons (Fsp3) is 0.455. The summed E-state index contributed by atoms with van der Waals surface area (Å²) in [6, 6.07) is 5.93. The Hall–Kier alpha value is -0.950. The molecule has 1 aromatic heterocycles. The Kier molecular flexibility index (Phi) is 2.90. The molecule has 0 N–H and O–H groups in total. The summed E-state index contributed by atoms with van der Waals surface area (Å²) < 4.78 is 25.7. The van der Waals surface area contributed by atoms with E-state index < -0.39 is 9.84 Å². The first-order valence-corrected chi connectivity index (χ1v) is 8.37. The first-order chi connectivity index (χ1) is 8.55. The Morgan fingerprint density at radius 1 is 1.28 bits per heavy atom. The molecule has 2 heterocycles. The number of hydrogen-bond acceptors (Lipinski definition) is 4. The highest BCUT2D eigenvalue weighted by Gasteiger charge is 2.26. The highest BCUT2D eigenvalue weighted by atomic mass is 79.9. The van der Waals surface area contributed by atoms with E-state index in [1.807, 2.05) is 22.9 Å². The van der Waals surface area contributed by atoms with Crippen molar-refractivity contribution in [3.05, 3.63) is 22.7 Å². The fourth-order valence-electron chi connectivity index (χ4n) is 2.30. The quantitative estimate of drug-likeness (QED) is 0.802. The van der Waals surface area contributed by atoms with E-state index in [4.69, 9.17) is 0 Å². The molecule has 3 rings (SSSR count). The van der Waals surface area contributed by atoms with E-state index in [1.54, 1.807) is 0 Å². The minimum atomic E-state index is -2.84. The van der Waals surface area contributed by atoms with Crippen LogP contribution in [0.15, 0.2) is 22.7 Å². The number of nitrogens with zero attached hydrogens (tertiary/aromatic N) is 3. The molecule has 0 aliphatic carbocycles. The molecule has 5 nitrogen and oxygen atoms in total. The smallest absolute Gasteiger partial charge is 0.150 e. The van der Waals surface area contributed by atoms with Crippen molar-refractivity contribution in [2.24, 2.45) is 0 Å². The van der Waals surface area contributed by atoms with Gasteiger partial charge in [0.15, 0.2) is 0 Å². The van der Waals surface area contributed by atoms with Crippen molar-refractivity contribution in [1.29, 1.82) is 0 Å². The second-order valence-electron chi connectivity index (χ2n) is 4.55. The molecule has 1 aromatic carbocycles. The molecular weight excluding hydrogens is 318 g/mol. The third-order valence-corrected chi connectivity index (χ3v) is 5.51. The summed E-state index contributed by atoms with van der Waals surface area (Å²) in [5.74, 6) is 0.486. The first-order valence-electron chi connectivity index (χ1n) is 5.76. The van der Waals surface area contributed by atoms with Crippen LogP contribution in [0.2, 0.25) is 0 Å². The van der Waals surface area contributed by atoms with Crippen LogP contribution in [0.5, 0.6) is 0 Å². The minimum absolute atomic E-state index is 0.132. The van der Waals surface area contributed by atoms with Gasteiger partial charge in [0.05, 0.1) is 23.1 Å². The maximum absolute atomic E-state index is 11.4. The summed E-state index contributed by atoms with van der Waals surface area (Å²) in [5.41, 5.74) is 1.79. The Morgan fingerprint density at radius 2 is 2.00 bits per heavy atom. The molecule has 1 aliphatic rings. The average molecular weight is 330 g/mol. The molecule has 18 heavy (non-hydrogen) atoms.